The van der Waals surface area contributed by atoms with E-state index in [0.717, 1.165) is 44.5 Å². The highest BCUT2D eigenvalue weighted by Gasteiger charge is 2.28. The minimum absolute atomic E-state index is 0.0671. The molecule has 0 fully saturated rings. The first-order valence-electron chi connectivity index (χ1n) is 26.6. The number of phenolic OH excluding ortho intramolecular Hbond substituents is 8. The van der Waals surface area contributed by atoms with E-state index in [-0.39, 0.29) is 108 Å². The van der Waals surface area contributed by atoms with Gasteiger partial charge >= 0.3 is 0 Å². The Balaban J connectivity index is 1.19. The van der Waals surface area contributed by atoms with Crippen molar-refractivity contribution in [3.05, 3.63) is 231 Å². The van der Waals surface area contributed by atoms with Gasteiger partial charge in [-0.1, -0.05) is 150 Å². The predicted octanol–water partition coefficient (Wildman–Crippen LogP) is 13.4. The average molecular weight is 1010 g/mol. The summed E-state index contributed by atoms with van der Waals surface area (Å²) in [6.45, 7) is 16.8. The molecule has 0 aromatic heterocycles. The maximum atomic E-state index is 12.5. The molecule has 11 rings (SSSR count). The van der Waals surface area contributed by atoms with Crippen molar-refractivity contribution in [1.29, 1.82) is 0 Å². The van der Waals surface area contributed by atoms with E-state index >= 15 is 0 Å². The van der Waals surface area contributed by atoms with Crippen LogP contribution in [0.2, 0.25) is 0 Å². The van der Waals surface area contributed by atoms with Crippen LogP contribution in [-0.2, 0) is 75.0 Å². The highest BCUT2D eigenvalue weighted by molar-refractivity contribution is 5.62. The zero-order chi connectivity index (χ0) is 53.9. The van der Waals surface area contributed by atoms with Gasteiger partial charge in [-0.3, -0.25) is 0 Å². The Morgan fingerprint density at radius 2 is 0.368 bits per heavy atom. The first-order chi connectivity index (χ1) is 35.9. The first-order valence-corrected chi connectivity index (χ1v) is 26.6. The second kappa shape index (κ2) is 18.5. The van der Waals surface area contributed by atoms with Crippen LogP contribution in [0.3, 0.4) is 0 Å². The molecule has 0 unspecified atom stereocenters. The summed E-state index contributed by atoms with van der Waals surface area (Å²) in [5.74, 6) is 0.676. The van der Waals surface area contributed by atoms with E-state index < -0.39 is 0 Å². The molecule has 20 bridgehead atoms. The molecule has 8 heteroatoms. The molecule has 0 atom stereocenters. The van der Waals surface area contributed by atoms with Gasteiger partial charge < -0.3 is 40.9 Å². The molecular weight excluding hydrogens is 945 g/mol. The molecule has 3 aliphatic rings. The van der Waals surface area contributed by atoms with Gasteiger partial charge in [0.1, 0.15) is 46.0 Å². The van der Waals surface area contributed by atoms with Gasteiger partial charge in [0.05, 0.1) is 0 Å². The summed E-state index contributed by atoms with van der Waals surface area (Å²) >= 11 is 0. The van der Waals surface area contributed by atoms with E-state index in [1.54, 1.807) is 0 Å². The SMILES string of the molecule is Cc1cc2c(O)c(c1)Cc1cc(C(C)(C)C)cc(c1O)Cc1cc3cc(c1O)Cc1cc(cc(c1O)C2)Cc1cc2c(O)c(c1)Cc1cc(cc(c1O)Cc1cc(C(C)(C)C)cc(c1O)Cc1cc(C)cc(c1O)C2)C3. The summed E-state index contributed by atoms with van der Waals surface area (Å²) < 4.78 is 0. The van der Waals surface area contributed by atoms with Crippen LogP contribution in [0.15, 0.2) is 97.1 Å². The Labute approximate surface area is 445 Å². The molecule has 8 aromatic carbocycles. The molecule has 8 aromatic rings. The normalized spacial score (nSPS) is 14.2. The number of rotatable bonds is 0. The quantitative estimate of drug-likeness (QED) is 0.0745. The number of aryl methyl sites for hydroxylation is 2. The minimum Gasteiger partial charge on any atom is -0.507 e. The molecule has 0 spiro atoms. The second-order valence-corrected chi connectivity index (χ2v) is 24.5. The molecular formula is C68H68O8. The monoisotopic (exact) mass is 1010 g/mol. The highest BCUT2D eigenvalue weighted by atomic mass is 16.3. The van der Waals surface area contributed by atoms with Gasteiger partial charge in [-0.2, -0.15) is 0 Å². The van der Waals surface area contributed by atoms with Crippen LogP contribution in [0, 0.1) is 13.8 Å². The van der Waals surface area contributed by atoms with E-state index in [4.69, 9.17) is 0 Å². The summed E-state index contributed by atoms with van der Waals surface area (Å²) in [4.78, 5) is 0. The van der Waals surface area contributed by atoms with E-state index in [0.29, 0.717) is 102 Å². The summed E-state index contributed by atoms with van der Waals surface area (Å²) in [7, 11) is 0. The Hall–Kier alpha value is -7.84. The number of hydrogen-bond acceptors (Lipinski definition) is 8. The van der Waals surface area contributed by atoms with Crippen molar-refractivity contribution in [2.75, 3.05) is 0 Å². The van der Waals surface area contributed by atoms with Crippen molar-refractivity contribution < 1.29 is 40.9 Å². The lowest BCUT2D eigenvalue weighted by molar-refractivity contribution is 0.448. The zero-order valence-corrected chi connectivity index (χ0v) is 44.9. The predicted molar refractivity (Wildman–Crippen MR) is 300 cm³/mol. The van der Waals surface area contributed by atoms with Gasteiger partial charge in [-0.05, 0) is 160 Å². The molecule has 0 heterocycles. The molecule has 0 radical (unpaired) electrons. The van der Waals surface area contributed by atoms with Crippen molar-refractivity contribution in [2.45, 2.75) is 130 Å². The summed E-state index contributed by atoms with van der Waals surface area (Å²) in [5, 5.41) is 98.8. The van der Waals surface area contributed by atoms with Crippen LogP contribution >= 0.6 is 0 Å². The average Bonchev–Trinajstić information content (AvgIpc) is 3.33. The lowest BCUT2D eigenvalue weighted by Gasteiger charge is -2.24. The molecule has 0 aliphatic heterocycles. The lowest BCUT2D eigenvalue weighted by Crippen LogP contribution is -2.13. The fourth-order valence-corrected chi connectivity index (χ4v) is 12.3. The molecule has 388 valence electrons. The van der Waals surface area contributed by atoms with Gasteiger partial charge in [0.2, 0.25) is 0 Å². The zero-order valence-electron chi connectivity index (χ0n) is 44.9. The largest absolute Gasteiger partial charge is 0.507 e. The van der Waals surface area contributed by atoms with Crippen LogP contribution in [0.1, 0.15) is 175 Å². The molecule has 0 saturated carbocycles. The van der Waals surface area contributed by atoms with Crippen LogP contribution in [0.25, 0.3) is 0 Å². The molecule has 0 amide bonds. The van der Waals surface area contributed by atoms with E-state index in [2.05, 4.69) is 41.5 Å². The number of aromatic hydroxyl groups is 8. The number of benzene rings is 8. The number of hydrogen-bond donors (Lipinski definition) is 8. The van der Waals surface area contributed by atoms with Crippen molar-refractivity contribution in [2.24, 2.45) is 0 Å². The Kier molecular flexibility index (Phi) is 12.2. The molecule has 8 N–H and O–H groups in total. The maximum absolute atomic E-state index is 12.5. The molecule has 0 saturated heterocycles. The fourth-order valence-electron chi connectivity index (χ4n) is 12.3. The number of phenols is 8. The Bertz CT molecular complexity index is 3490. The van der Waals surface area contributed by atoms with Gasteiger partial charge in [-0.15, -0.1) is 0 Å². The third kappa shape index (κ3) is 9.48. The van der Waals surface area contributed by atoms with Crippen molar-refractivity contribution in [1.82, 2.24) is 0 Å². The minimum atomic E-state index is -0.296. The highest BCUT2D eigenvalue weighted by Crippen LogP contribution is 2.44. The van der Waals surface area contributed by atoms with Gasteiger partial charge in [-0.25, -0.2) is 0 Å². The Morgan fingerprint density at radius 1 is 0.224 bits per heavy atom. The molecule has 3 aliphatic carbocycles. The van der Waals surface area contributed by atoms with Gasteiger partial charge in [0.15, 0.2) is 0 Å². The van der Waals surface area contributed by atoms with Crippen LogP contribution in [0.5, 0.6) is 46.0 Å². The third-order valence-electron chi connectivity index (χ3n) is 16.3. The first kappa shape index (κ1) is 50.3. The molecule has 8 nitrogen and oxygen atoms in total. The summed E-state index contributed by atoms with van der Waals surface area (Å²) in [6.07, 6.45) is 2.31. The second-order valence-electron chi connectivity index (χ2n) is 24.5. The standard InChI is InChI=1S/C68H68O8/c1-35-9-41-23-45-15-37-13-38-16-46-24-42-10-36(2)12-44(60(42)70)26-54-32-58(68(6,7)8)34-56(66(54)76)30-52-22-40(20-50(64(52)74)28-48(18-38)62(46)72)14-39-19-49(27-47(17-37)61(45)71)63(73)51(21-39)29-55-33-57(67(3,4)5)31-53(65(55)75)25-43(11-35)59(41)69/h9-12,15-22,31-34,69-76H,13-14,23-30H2,1-8H3. The topological polar surface area (TPSA) is 162 Å². The maximum Gasteiger partial charge on any atom is 0.122 e. The smallest absolute Gasteiger partial charge is 0.122 e. The van der Waals surface area contributed by atoms with E-state index in [1.165, 1.54) is 0 Å². The lowest BCUT2D eigenvalue weighted by atomic mass is 9.82. The third-order valence-corrected chi connectivity index (χ3v) is 16.3. The number of fused-ring (bicyclic) bond motifs is 16. The van der Waals surface area contributed by atoms with Crippen LogP contribution in [-0.4, -0.2) is 40.9 Å². The van der Waals surface area contributed by atoms with Gasteiger partial charge in [0.25, 0.3) is 0 Å². The Morgan fingerprint density at radius 3 is 0.526 bits per heavy atom. The summed E-state index contributed by atoms with van der Waals surface area (Å²) in [6, 6.07) is 31.7. The molecule has 76 heavy (non-hydrogen) atoms. The van der Waals surface area contributed by atoms with Crippen LogP contribution < -0.4 is 0 Å². The van der Waals surface area contributed by atoms with E-state index in [1.807, 2.05) is 111 Å². The van der Waals surface area contributed by atoms with E-state index in [9.17, 15) is 40.9 Å². The van der Waals surface area contributed by atoms with Crippen molar-refractivity contribution in [3.8, 4) is 46.0 Å². The fraction of sp³-hybridized carbons (Fsp3) is 0.294. The van der Waals surface area contributed by atoms with Crippen molar-refractivity contribution in [3.63, 3.8) is 0 Å². The van der Waals surface area contributed by atoms with Crippen molar-refractivity contribution >= 4 is 0 Å². The summed E-state index contributed by atoms with van der Waals surface area (Å²) in [5.41, 5.74) is 16.6. The van der Waals surface area contributed by atoms with Gasteiger partial charge in [0, 0.05) is 51.4 Å². The van der Waals surface area contributed by atoms with Crippen LogP contribution in [0.4, 0.5) is 0 Å².